The van der Waals surface area contributed by atoms with Gasteiger partial charge < -0.3 is 15.0 Å². The SMILES string of the molecule is Cc1cc(-c2cccc(N(C)C)c2)[nH]c1C(=O)O. The van der Waals surface area contributed by atoms with E-state index >= 15 is 0 Å². The zero-order valence-corrected chi connectivity index (χ0v) is 10.7. The van der Waals surface area contributed by atoms with Crippen molar-refractivity contribution in [1.82, 2.24) is 4.98 Å². The van der Waals surface area contributed by atoms with Crippen molar-refractivity contribution in [3.8, 4) is 11.3 Å². The summed E-state index contributed by atoms with van der Waals surface area (Å²) >= 11 is 0. The lowest BCUT2D eigenvalue weighted by Crippen LogP contribution is -2.08. The van der Waals surface area contributed by atoms with E-state index in [1.54, 1.807) is 6.92 Å². The molecule has 1 aromatic heterocycles. The van der Waals surface area contributed by atoms with E-state index in [1.807, 2.05) is 49.3 Å². The molecule has 4 nitrogen and oxygen atoms in total. The fraction of sp³-hybridized carbons (Fsp3) is 0.214. The average Bonchev–Trinajstić information content (AvgIpc) is 2.71. The first-order valence-electron chi connectivity index (χ1n) is 5.69. The third-order valence-electron chi connectivity index (χ3n) is 2.90. The molecule has 2 aromatic rings. The van der Waals surface area contributed by atoms with Gasteiger partial charge in [0, 0.05) is 25.5 Å². The second-order valence-corrected chi connectivity index (χ2v) is 4.49. The number of benzene rings is 1. The summed E-state index contributed by atoms with van der Waals surface area (Å²) in [5.74, 6) is -0.928. The minimum atomic E-state index is -0.928. The Hall–Kier alpha value is -2.23. The van der Waals surface area contributed by atoms with Gasteiger partial charge >= 0.3 is 5.97 Å². The number of H-pyrrole nitrogens is 1. The number of carboxylic acid groups (broad SMARTS) is 1. The Labute approximate surface area is 106 Å². The number of anilines is 1. The predicted octanol–water partition coefficient (Wildman–Crippen LogP) is 2.75. The zero-order chi connectivity index (χ0) is 13.3. The normalized spacial score (nSPS) is 10.4. The number of carboxylic acids is 1. The van der Waals surface area contributed by atoms with Crippen molar-refractivity contribution in [2.45, 2.75) is 6.92 Å². The van der Waals surface area contributed by atoms with E-state index < -0.39 is 5.97 Å². The topological polar surface area (TPSA) is 56.3 Å². The van der Waals surface area contributed by atoms with Gasteiger partial charge in [-0.3, -0.25) is 0 Å². The Morgan fingerprint density at radius 2 is 2.00 bits per heavy atom. The Bertz CT molecular complexity index is 585. The highest BCUT2D eigenvalue weighted by Crippen LogP contribution is 2.25. The van der Waals surface area contributed by atoms with Gasteiger partial charge in [0.2, 0.25) is 0 Å². The molecule has 2 N–H and O–H groups in total. The first-order chi connectivity index (χ1) is 8.49. The smallest absolute Gasteiger partial charge is 0.352 e. The van der Waals surface area contributed by atoms with Gasteiger partial charge in [-0.1, -0.05) is 12.1 Å². The van der Waals surface area contributed by atoms with Crippen LogP contribution >= 0.6 is 0 Å². The molecule has 0 amide bonds. The van der Waals surface area contributed by atoms with Gasteiger partial charge in [-0.2, -0.15) is 0 Å². The number of carbonyl (C=O) groups is 1. The second-order valence-electron chi connectivity index (χ2n) is 4.49. The molecule has 0 aliphatic rings. The highest BCUT2D eigenvalue weighted by molar-refractivity contribution is 5.89. The van der Waals surface area contributed by atoms with Crippen LogP contribution < -0.4 is 4.90 Å². The molecule has 0 unspecified atom stereocenters. The number of nitrogens with zero attached hydrogens (tertiary/aromatic N) is 1. The maximum absolute atomic E-state index is 11.0. The summed E-state index contributed by atoms with van der Waals surface area (Å²) < 4.78 is 0. The number of aromatic carboxylic acids is 1. The van der Waals surface area contributed by atoms with Crippen molar-refractivity contribution in [3.05, 3.63) is 41.6 Å². The van der Waals surface area contributed by atoms with Crippen LogP contribution in [0, 0.1) is 6.92 Å². The van der Waals surface area contributed by atoms with Crippen LogP contribution in [0.25, 0.3) is 11.3 Å². The number of nitrogens with one attached hydrogen (secondary N) is 1. The monoisotopic (exact) mass is 244 g/mol. The number of hydrogen-bond acceptors (Lipinski definition) is 2. The Balaban J connectivity index is 2.45. The van der Waals surface area contributed by atoms with Crippen LogP contribution in [0.3, 0.4) is 0 Å². The van der Waals surface area contributed by atoms with Gasteiger partial charge in [-0.15, -0.1) is 0 Å². The predicted molar refractivity (Wildman–Crippen MR) is 72.3 cm³/mol. The largest absolute Gasteiger partial charge is 0.477 e. The first-order valence-corrected chi connectivity index (χ1v) is 5.69. The summed E-state index contributed by atoms with van der Waals surface area (Å²) in [6, 6.07) is 9.82. The van der Waals surface area contributed by atoms with Crippen LogP contribution in [-0.4, -0.2) is 30.2 Å². The standard InChI is InChI=1S/C14H16N2O2/c1-9-7-12(15-13(9)14(17)18)10-5-4-6-11(8-10)16(2)3/h4-8,15H,1-3H3,(H,17,18). The van der Waals surface area contributed by atoms with Crippen LogP contribution in [0.15, 0.2) is 30.3 Å². The first kappa shape index (κ1) is 12.2. The number of hydrogen-bond donors (Lipinski definition) is 2. The summed E-state index contributed by atoms with van der Waals surface area (Å²) in [5.41, 5.74) is 3.88. The Morgan fingerprint density at radius 3 is 2.56 bits per heavy atom. The van der Waals surface area contributed by atoms with Gasteiger partial charge in [-0.25, -0.2) is 4.79 Å². The summed E-state index contributed by atoms with van der Waals surface area (Å²) in [7, 11) is 3.95. The lowest BCUT2D eigenvalue weighted by atomic mass is 10.1. The number of aryl methyl sites for hydroxylation is 1. The van der Waals surface area contributed by atoms with E-state index in [1.165, 1.54) is 0 Å². The van der Waals surface area contributed by atoms with Crippen molar-refractivity contribution in [2.24, 2.45) is 0 Å². The fourth-order valence-corrected chi connectivity index (χ4v) is 1.89. The van der Waals surface area contributed by atoms with Crippen molar-refractivity contribution in [2.75, 3.05) is 19.0 Å². The maximum Gasteiger partial charge on any atom is 0.352 e. The lowest BCUT2D eigenvalue weighted by Gasteiger charge is -2.13. The molecule has 0 fully saturated rings. The Morgan fingerprint density at radius 1 is 1.28 bits per heavy atom. The van der Waals surface area contributed by atoms with E-state index in [-0.39, 0.29) is 5.69 Å². The number of aromatic nitrogens is 1. The molecule has 0 saturated carbocycles. The van der Waals surface area contributed by atoms with E-state index in [2.05, 4.69) is 4.98 Å². The minimum absolute atomic E-state index is 0.250. The summed E-state index contributed by atoms with van der Waals surface area (Å²) in [5, 5.41) is 9.03. The molecule has 1 aromatic carbocycles. The molecule has 2 rings (SSSR count). The molecule has 0 bridgehead atoms. The molecule has 0 radical (unpaired) electrons. The van der Waals surface area contributed by atoms with Gasteiger partial charge in [0.25, 0.3) is 0 Å². The van der Waals surface area contributed by atoms with E-state index in [4.69, 9.17) is 5.11 Å². The average molecular weight is 244 g/mol. The maximum atomic E-state index is 11.0. The van der Waals surface area contributed by atoms with E-state index in [0.717, 1.165) is 22.5 Å². The highest BCUT2D eigenvalue weighted by atomic mass is 16.4. The Kier molecular flexibility index (Phi) is 3.10. The van der Waals surface area contributed by atoms with Crippen LogP contribution in [0.4, 0.5) is 5.69 Å². The van der Waals surface area contributed by atoms with Crippen LogP contribution in [-0.2, 0) is 0 Å². The highest BCUT2D eigenvalue weighted by Gasteiger charge is 2.12. The molecular formula is C14H16N2O2. The van der Waals surface area contributed by atoms with Crippen LogP contribution in [0.2, 0.25) is 0 Å². The number of aromatic amines is 1. The minimum Gasteiger partial charge on any atom is -0.477 e. The fourth-order valence-electron chi connectivity index (χ4n) is 1.89. The van der Waals surface area contributed by atoms with Crippen molar-refractivity contribution >= 4 is 11.7 Å². The van der Waals surface area contributed by atoms with E-state index in [0.29, 0.717) is 0 Å². The van der Waals surface area contributed by atoms with E-state index in [9.17, 15) is 4.79 Å². The number of rotatable bonds is 3. The van der Waals surface area contributed by atoms with Crippen molar-refractivity contribution in [3.63, 3.8) is 0 Å². The molecular weight excluding hydrogens is 228 g/mol. The summed E-state index contributed by atoms with van der Waals surface area (Å²) in [4.78, 5) is 16.0. The molecule has 1 heterocycles. The van der Waals surface area contributed by atoms with Gasteiger partial charge in [0.05, 0.1) is 0 Å². The third kappa shape index (κ3) is 2.22. The van der Waals surface area contributed by atoms with Gasteiger partial charge in [0.1, 0.15) is 5.69 Å². The molecule has 0 spiro atoms. The van der Waals surface area contributed by atoms with Crippen molar-refractivity contribution in [1.29, 1.82) is 0 Å². The summed E-state index contributed by atoms with van der Waals surface area (Å²) in [6.07, 6.45) is 0. The molecule has 0 aliphatic carbocycles. The quantitative estimate of drug-likeness (QED) is 0.872. The lowest BCUT2D eigenvalue weighted by molar-refractivity contribution is 0.0690. The molecule has 0 atom stereocenters. The molecule has 94 valence electrons. The molecule has 18 heavy (non-hydrogen) atoms. The molecule has 0 aliphatic heterocycles. The summed E-state index contributed by atoms with van der Waals surface area (Å²) in [6.45, 7) is 1.79. The molecule has 4 heteroatoms. The van der Waals surface area contributed by atoms with Crippen LogP contribution in [0.1, 0.15) is 16.1 Å². The third-order valence-corrected chi connectivity index (χ3v) is 2.90. The van der Waals surface area contributed by atoms with Gasteiger partial charge in [-0.05, 0) is 36.2 Å². The van der Waals surface area contributed by atoms with Crippen molar-refractivity contribution < 1.29 is 9.90 Å². The van der Waals surface area contributed by atoms with Crippen LogP contribution in [0.5, 0.6) is 0 Å². The second kappa shape index (κ2) is 4.56. The zero-order valence-electron chi connectivity index (χ0n) is 10.7. The van der Waals surface area contributed by atoms with Gasteiger partial charge in [0.15, 0.2) is 0 Å². The molecule has 0 saturated heterocycles.